The van der Waals surface area contributed by atoms with Crippen molar-refractivity contribution in [1.82, 2.24) is 15.2 Å². The number of para-hydroxylation sites is 1. The molecule has 0 aliphatic carbocycles. The first-order chi connectivity index (χ1) is 13.8. The molecule has 3 heterocycles. The minimum Gasteiger partial charge on any atom is -0.372 e. The fourth-order valence-electron chi connectivity index (χ4n) is 4.41. The zero-order valence-electron chi connectivity index (χ0n) is 15.9. The van der Waals surface area contributed by atoms with Gasteiger partial charge in [-0.25, -0.2) is 0 Å². The predicted molar refractivity (Wildman–Crippen MR) is 109 cm³/mol. The molecule has 1 amide bonds. The Labute approximate surface area is 164 Å². The van der Waals surface area contributed by atoms with Crippen LogP contribution in [0, 0.1) is 0 Å². The topological polar surface area (TPSA) is 57.4 Å². The molecule has 5 heteroatoms. The van der Waals surface area contributed by atoms with Gasteiger partial charge in [-0.3, -0.25) is 4.79 Å². The van der Waals surface area contributed by atoms with Crippen molar-refractivity contribution in [1.29, 1.82) is 0 Å². The molecule has 0 unspecified atom stereocenters. The average molecular weight is 375 g/mol. The minimum absolute atomic E-state index is 0.0857. The Kier molecular flexibility index (Phi) is 4.63. The second-order valence-electron chi connectivity index (χ2n) is 7.75. The molecule has 0 radical (unpaired) electrons. The lowest BCUT2D eigenvalue weighted by Gasteiger charge is -2.29. The number of H-pyrrole nitrogens is 1. The van der Waals surface area contributed by atoms with Crippen molar-refractivity contribution in [2.75, 3.05) is 13.1 Å². The predicted octanol–water partition coefficient (Wildman–Crippen LogP) is 3.00. The molecule has 1 aromatic heterocycles. The molecule has 0 bridgehead atoms. The lowest BCUT2D eigenvalue weighted by atomic mass is 10.0. The summed E-state index contributed by atoms with van der Waals surface area (Å²) in [6.07, 6.45) is 1.73. The first-order valence-corrected chi connectivity index (χ1v) is 10.0. The Balaban J connectivity index is 1.20. The monoisotopic (exact) mass is 375 g/mol. The molecule has 2 aliphatic rings. The Morgan fingerprint density at radius 1 is 1.11 bits per heavy atom. The number of carbonyl (C=O) groups is 1. The third-order valence-corrected chi connectivity index (χ3v) is 5.91. The third-order valence-electron chi connectivity index (χ3n) is 5.91. The molecule has 1 fully saturated rings. The molecule has 2 aliphatic heterocycles. The highest BCUT2D eigenvalue weighted by atomic mass is 16.5. The number of carbonyl (C=O) groups excluding carboxylic acids is 1. The number of aromatic nitrogens is 1. The number of amides is 1. The Bertz CT molecular complexity index is 982. The summed E-state index contributed by atoms with van der Waals surface area (Å²) in [4.78, 5) is 18.5. The van der Waals surface area contributed by atoms with Crippen LogP contribution in [0.15, 0.2) is 54.6 Å². The highest BCUT2D eigenvalue weighted by molar-refractivity contribution is 5.86. The second kappa shape index (κ2) is 7.41. The molecule has 1 saturated heterocycles. The number of nitrogens with zero attached hydrogens (tertiary/aromatic N) is 1. The number of fused-ring (bicyclic) bond motifs is 3. The lowest BCUT2D eigenvalue weighted by molar-refractivity contribution is -0.134. The zero-order chi connectivity index (χ0) is 18.9. The standard InChI is InChI=1S/C23H25N3O2/c27-23(21-12-17(13-24-21)28-15-16-6-2-1-3-7-16)26-11-10-19-18-8-4-5-9-20(18)25-22(19)14-26/h1-9,17,21,24-25H,10-15H2/t17-,21-/m1/s1. The summed E-state index contributed by atoms with van der Waals surface area (Å²) < 4.78 is 6.01. The number of nitrogens with one attached hydrogen (secondary N) is 2. The normalized spacial score (nSPS) is 21.8. The summed E-state index contributed by atoms with van der Waals surface area (Å²) in [6, 6.07) is 18.4. The van der Waals surface area contributed by atoms with Crippen LogP contribution in [0.25, 0.3) is 10.9 Å². The summed E-state index contributed by atoms with van der Waals surface area (Å²) in [7, 11) is 0. The maximum absolute atomic E-state index is 13.0. The zero-order valence-corrected chi connectivity index (χ0v) is 15.9. The number of benzene rings is 2. The van der Waals surface area contributed by atoms with E-state index in [1.807, 2.05) is 29.2 Å². The summed E-state index contributed by atoms with van der Waals surface area (Å²) in [5.74, 6) is 0.190. The largest absolute Gasteiger partial charge is 0.372 e. The van der Waals surface area contributed by atoms with E-state index in [1.54, 1.807) is 0 Å². The van der Waals surface area contributed by atoms with Crippen molar-refractivity contribution in [3.63, 3.8) is 0 Å². The van der Waals surface area contributed by atoms with Crippen LogP contribution in [-0.4, -0.2) is 41.0 Å². The van der Waals surface area contributed by atoms with Gasteiger partial charge in [-0.05, 0) is 30.0 Å². The van der Waals surface area contributed by atoms with Crippen LogP contribution >= 0.6 is 0 Å². The highest BCUT2D eigenvalue weighted by Gasteiger charge is 2.34. The van der Waals surface area contributed by atoms with Gasteiger partial charge in [0.15, 0.2) is 0 Å². The van der Waals surface area contributed by atoms with Gasteiger partial charge >= 0.3 is 0 Å². The minimum atomic E-state index is -0.147. The number of aromatic amines is 1. The molecule has 0 saturated carbocycles. The third kappa shape index (κ3) is 3.32. The Hall–Kier alpha value is -2.63. The molecule has 0 spiro atoms. The molecule has 2 aromatic carbocycles. The van der Waals surface area contributed by atoms with Gasteiger partial charge in [0.1, 0.15) is 0 Å². The molecular formula is C23H25N3O2. The molecule has 144 valence electrons. The van der Waals surface area contributed by atoms with Crippen molar-refractivity contribution in [3.05, 3.63) is 71.4 Å². The molecule has 2 N–H and O–H groups in total. The Morgan fingerprint density at radius 2 is 1.93 bits per heavy atom. The summed E-state index contributed by atoms with van der Waals surface area (Å²) in [6.45, 7) is 2.77. The summed E-state index contributed by atoms with van der Waals surface area (Å²) in [5.41, 5.74) is 4.87. The van der Waals surface area contributed by atoms with E-state index in [1.165, 1.54) is 22.2 Å². The Morgan fingerprint density at radius 3 is 2.82 bits per heavy atom. The number of hydrogen-bond donors (Lipinski definition) is 2. The summed E-state index contributed by atoms with van der Waals surface area (Å²) in [5, 5.41) is 4.65. The fraction of sp³-hybridized carbons (Fsp3) is 0.348. The van der Waals surface area contributed by atoms with Crippen LogP contribution in [0.1, 0.15) is 23.2 Å². The van der Waals surface area contributed by atoms with Crippen LogP contribution in [0.5, 0.6) is 0 Å². The fourth-order valence-corrected chi connectivity index (χ4v) is 4.41. The van der Waals surface area contributed by atoms with Gasteiger partial charge in [0.05, 0.1) is 25.3 Å². The average Bonchev–Trinajstić information content (AvgIpc) is 3.36. The van der Waals surface area contributed by atoms with Crippen LogP contribution in [0.3, 0.4) is 0 Å². The van der Waals surface area contributed by atoms with Gasteiger partial charge in [-0.1, -0.05) is 48.5 Å². The number of rotatable bonds is 4. The van der Waals surface area contributed by atoms with E-state index in [2.05, 4.69) is 40.6 Å². The van der Waals surface area contributed by atoms with Crippen LogP contribution in [-0.2, 0) is 29.1 Å². The van der Waals surface area contributed by atoms with Crippen LogP contribution in [0.4, 0.5) is 0 Å². The van der Waals surface area contributed by atoms with Crippen LogP contribution in [0.2, 0.25) is 0 Å². The van der Waals surface area contributed by atoms with Gasteiger partial charge in [-0.15, -0.1) is 0 Å². The number of ether oxygens (including phenoxy) is 1. The molecule has 5 rings (SSSR count). The molecule has 2 atom stereocenters. The summed E-state index contributed by atoms with van der Waals surface area (Å²) >= 11 is 0. The van der Waals surface area contributed by atoms with Gasteiger partial charge in [0, 0.05) is 29.7 Å². The second-order valence-corrected chi connectivity index (χ2v) is 7.75. The van der Waals surface area contributed by atoms with Crippen molar-refractivity contribution < 1.29 is 9.53 Å². The van der Waals surface area contributed by atoms with E-state index in [0.717, 1.165) is 31.4 Å². The van der Waals surface area contributed by atoms with E-state index in [0.29, 0.717) is 13.2 Å². The van der Waals surface area contributed by atoms with E-state index in [4.69, 9.17) is 4.74 Å². The number of hydrogen-bond acceptors (Lipinski definition) is 3. The molecule has 5 nitrogen and oxygen atoms in total. The van der Waals surface area contributed by atoms with Crippen molar-refractivity contribution in [2.24, 2.45) is 0 Å². The highest BCUT2D eigenvalue weighted by Crippen LogP contribution is 2.28. The van der Waals surface area contributed by atoms with E-state index < -0.39 is 0 Å². The molecular weight excluding hydrogens is 350 g/mol. The van der Waals surface area contributed by atoms with Gasteiger partial charge in [0.25, 0.3) is 0 Å². The van der Waals surface area contributed by atoms with Crippen molar-refractivity contribution in [2.45, 2.75) is 38.1 Å². The lowest BCUT2D eigenvalue weighted by Crippen LogP contribution is -2.45. The van der Waals surface area contributed by atoms with Crippen LogP contribution < -0.4 is 5.32 Å². The van der Waals surface area contributed by atoms with Crippen molar-refractivity contribution >= 4 is 16.8 Å². The smallest absolute Gasteiger partial charge is 0.240 e. The maximum Gasteiger partial charge on any atom is 0.240 e. The first kappa shape index (κ1) is 17.5. The maximum atomic E-state index is 13.0. The molecule has 3 aromatic rings. The first-order valence-electron chi connectivity index (χ1n) is 10.0. The van der Waals surface area contributed by atoms with Crippen molar-refractivity contribution in [3.8, 4) is 0 Å². The van der Waals surface area contributed by atoms with E-state index in [9.17, 15) is 4.79 Å². The molecule has 28 heavy (non-hydrogen) atoms. The van der Waals surface area contributed by atoms with Gasteiger partial charge < -0.3 is 19.9 Å². The van der Waals surface area contributed by atoms with E-state index >= 15 is 0 Å². The quantitative estimate of drug-likeness (QED) is 0.737. The van der Waals surface area contributed by atoms with Gasteiger partial charge in [-0.2, -0.15) is 0 Å². The van der Waals surface area contributed by atoms with E-state index in [-0.39, 0.29) is 18.1 Å². The SMILES string of the molecule is O=C([C@H]1C[C@@H](OCc2ccccc2)CN1)N1CCc2c([nH]c3ccccc23)C1. The van der Waals surface area contributed by atoms with Gasteiger partial charge in [0.2, 0.25) is 5.91 Å².